The van der Waals surface area contributed by atoms with Gasteiger partial charge in [-0.05, 0) is 36.8 Å². The Morgan fingerprint density at radius 1 is 1.03 bits per heavy atom. The Labute approximate surface area is 189 Å². The number of nitrogens with one attached hydrogen (secondary N) is 1. The summed E-state index contributed by atoms with van der Waals surface area (Å²) in [7, 11) is 0. The smallest absolute Gasteiger partial charge is 0.228 e. The van der Waals surface area contributed by atoms with Crippen molar-refractivity contribution in [2.45, 2.75) is 13.5 Å². The van der Waals surface area contributed by atoms with Crippen molar-refractivity contribution in [2.75, 3.05) is 36.5 Å². The molecule has 3 heterocycles. The molecular formula is C23H24FN5O2S. The summed E-state index contributed by atoms with van der Waals surface area (Å²) in [6.45, 7) is 2.92. The SMILES string of the molecule is Cc1sc2nc(N(CCO)CCO)nc(NCc3ccccn3)c2c1-c1ccc(F)cc1. The van der Waals surface area contributed by atoms with Crippen molar-refractivity contribution in [3.63, 3.8) is 0 Å². The second kappa shape index (κ2) is 9.99. The molecule has 9 heteroatoms. The second-order valence-corrected chi connectivity index (χ2v) is 8.40. The lowest BCUT2D eigenvalue weighted by atomic mass is 10.0. The van der Waals surface area contributed by atoms with E-state index in [1.165, 1.54) is 23.5 Å². The lowest BCUT2D eigenvalue weighted by Crippen LogP contribution is -2.31. The van der Waals surface area contributed by atoms with Crippen LogP contribution in [-0.4, -0.2) is 51.5 Å². The van der Waals surface area contributed by atoms with Crippen LogP contribution in [0, 0.1) is 12.7 Å². The third-order valence-electron chi connectivity index (χ3n) is 5.03. The summed E-state index contributed by atoms with van der Waals surface area (Å²) in [5.74, 6) is 0.762. The Morgan fingerprint density at radius 2 is 1.78 bits per heavy atom. The quantitative estimate of drug-likeness (QED) is 0.356. The Morgan fingerprint density at radius 3 is 2.44 bits per heavy atom. The van der Waals surface area contributed by atoms with E-state index in [0.717, 1.165) is 31.9 Å². The third-order valence-corrected chi connectivity index (χ3v) is 6.03. The van der Waals surface area contributed by atoms with Gasteiger partial charge in [0.15, 0.2) is 0 Å². The van der Waals surface area contributed by atoms with Crippen molar-refractivity contribution in [1.29, 1.82) is 0 Å². The van der Waals surface area contributed by atoms with E-state index >= 15 is 0 Å². The van der Waals surface area contributed by atoms with E-state index in [4.69, 9.17) is 9.97 Å². The van der Waals surface area contributed by atoms with Gasteiger partial charge in [0.2, 0.25) is 5.95 Å². The minimum atomic E-state index is -0.290. The first kappa shape index (κ1) is 22.1. The Hall–Kier alpha value is -3.14. The van der Waals surface area contributed by atoms with Gasteiger partial charge in [-0.3, -0.25) is 4.98 Å². The lowest BCUT2D eigenvalue weighted by molar-refractivity contribution is 0.280. The Kier molecular flexibility index (Phi) is 6.89. The molecule has 3 N–H and O–H groups in total. The van der Waals surface area contributed by atoms with Crippen LogP contribution in [0.4, 0.5) is 16.2 Å². The van der Waals surface area contributed by atoms with Crippen LogP contribution in [0.1, 0.15) is 10.6 Å². The van der Waals surface area contributed by atoms with Gasteiger partial charge in [0.25, 0.3) is 0 Å². The summed E-state index contributed by atoms with van der Waals surface area (Å²) in [4.78, 5) is 17.4. The van der Waals surface area contributed by atoms with Crippen LogP contribution in [0.3, 0.4) is 0 Å². The minimum Gasteiger partial charge on any atom is -0.395 e. The fourth-order valence-corrected chi connectivity index (χ4v) is 4.60. The van der Waals surface area contributed by atoms with E-state index in [-0.39, 0.29) is 19.0 Å². The number of thiophene rings is 1. The van der Waals surface area contributed by atoms with E-state index in [1.807, 2.05) is 25.1 Å². The van der Waals surface area contributed by atoms with E-state index in [0.29, 0.717) is 31.4 Å². The van der Waals surface area contributed by atoms with Gasteiger partial charge < -0.3 is 20.4 Å². The highest BCUT2D eigenvalue weighted by molar-refractivity contribution is 7.19. The molecule has 32 heavy (non-hydrogen) atoms. The Balaban J connectivity index is 1.84. The normalized spacial score (nSPS) is 11.1. The first-order valence-corrected chi connectivity index (χ1v) is 11.1. The lowest BCUT2D eigenvalue weighted by Gasteiger charge is -2.21. The topological polar surface area (TPSA) is 94.4 Å². The van der Waals surface area contributed by atoms with Crippen LogP contribution >= 0.6 is 11.3 Å². The third kappa shape index (κ3) is 4.69. The first-order valence-electron chi connectivity index (χ1n) is 10.3. The molecule has 0 unspecified atom stereocenters. The number of benzene rings is 1. The number of pyridine rings is 1. The molecular weight excluding hydrogens is 429 g/mol. The predicted molar refractivity (Wildman–Crippen MR) is 125 cm³/mol. The molecule has 0 radical (unpaired) electrons. The number of aliphatic hydroxyl groups is 2. The predicted octanol–water partition coefficient (Wildman–Crippen LogP) is 3.60. The van der Waals surface area contributed by atoms with E-state index in [2.05, 4.69) is 10.3 Å². The molecule has 0 amide bonds. The van der Waals surface area contributed by atoms with Gasteiger partial charge in [0.1, 0.15) is 16.5 Å². The van der Waals surface area contributed by atoms with E-state index in [9.17, 15) is 14.6 Å². The highest BCUT2D eigenvalue weighted by Gasteiger charge is 2.21. The number of hydrogen-bond acceptors (Lipinski definition) is 8. The summed E-state index contributed by atoms with van der Waals surface area (Å²) in [6, 6.07) is 12.1. The molecule has 7 nitrogen and oxygen atoms in total. The fraction of sp³-hybridized carbons (Fsp3) is 0.261. The number of rotatable bonds is 9. The minimum absolute atomic E-state index is 0.0810. The summed E-state index contributed by atoms with van der Waals surface area (Å²) in [5, 5.41) is 23.1. The Bertz CT molecular complexity index is 1180. The van der Waals surface area contributed by atoms with Gasteiger partial charge in [0, 0.05) is 29.7 Å². The summed E-state index contributed by atoms with van der Waals surface area (Å²) < 4.78 is 13.5. The molecule has 0 bridgehead atoms. The molecule has 0 saturated carbocycles. The largest absolute Gasteiger partial charge is 0.395 e. The highest BCUT2D eigenvalue weighted by atomic mass is 32.1. The van der Waals surface area contributed by atoms with Gasteiger partial charge in [-0.15, -0.1) is 11.3 Å². The molecule has 0 saturated heterocycles. The molecule has 0 atom stereocenters. The first-order chi connectivity index (χ1) is 15.6. The van der Waals surface area contributed by atoms with Crippen LogP contribution in [-0.2, 0) is 6.54 Å². The van der Waals surface area contributed by atoms with E-state index in [1.54, 1.807) is 23.2 Å². The van der Waals surface area contributed by atoms with Crippen molar-refractivity contribution in [3.8, 4) is 11.1 Å². The zero-order valence-electron chi connectivity index (χ0n) is 17.6. The highest BCUT2D eigenvalue weighted by Crippen LogP contribution is 2.41. The summed E-state index contributed by atoms with van der Waals surface area (Å²) in [5.41, 5.74) is 2.70. The van der Waals surface area contributed by atoms with Gasteiger partial charge >= 0.3 is 0 Å². The van der Waals surface area contributed by atoms with Crippen LogP contribution in [0.5, 0.6) is 0 Å². The molecule has 4 rings (SSSR count). The maximum absolute atomic E-state index is 13.5. The van der Waals surface area contributed by atoms with Crippen molar-refractivity contribution >= 4 is 33.3 Å². The number of aryl methyl sites for hydroxylation is 1. The zero-order valence-corrected chi connectivity index (χ0v) is 18.4. The van der Waals surface area contributed by atoms with Crippen molar-refractivity contribution in [3.05, 3.63) is 65.0 Å². The molecule has 0 spiro atoms. The average molecular weight is 454 g/mol. The number of halogens is 1. The second-order valence-electron chi connectivity index (χ2n) is 7.20. The molecule has 0 aliphatic heterocycles. The number of nitrogens with zero attached hydrogens (tertiary/aromatic N) is 4. The van der Waals surface area contributed by atoms with Crippen LogP contribution in [0.15, 0.2) is 48.7 Å². The number of aliphatic hydroxyl groups excluding tert-OH is 2. The number of hydrogen-bond donors (Lipinski definition) is 3. The number of anilines is 2. The van der Waals surface area contributed by atoms with Gasteiger partial charge in [-0.2, -0.15) is 4.98 Å². The van der Waals surface area contributed by atoms with Gasteiger partial charge in [0.05, 0.1) is 30.8 Å². The monoisotopic (exact) mass is 453 g/mol. The van der Waals surface area contributed by atoms with Gasteiger partial charge in [-0.25, -0.2) is 9.37 Å². The molecule has 3 aromatic heterocycles. The van der Waals surface area contributed by atoms with Crippen molar-refractivity contribution in [1.82, 2.24) is 15.0 Å². The van der Waals surface area contributed by atoms with Crippen LogP contribution in [0.25, 0.3) is 21.3 Å². The average Bonchev–Trinajstić information content (AvgIpc) is 3.14. The molecule has 4 aromatic rings. The maximum Gasteiger partial charge on any atom is 0.228 e. The van der Waals surface area contributed by atoms with Crippen molar-refractivity contribution < 1.29 is 14.6 Å². The summed E-state index contributed by atoms with van der Waals surface area (Å²) >= 11 is 1.53. The standard InChI is InChI=1S/C23H24FN5O2S/c1-15-19(16-5-7-17(24)8-6-16)20-21(26-14-18-4-2-3-9-25-18)27-23(28-22(20)32-15)29(10-12-30)11-13-31/h2-9,30-31H,10-14H2,1H3,(H,26,27,28). The molecule has 166 valence electrons. The van der Waals surface area contributed by atoms with Gasteiger partial charge in [-0.1, -0.05) is 18.2 Å². The molecule has 1 aromatic carbocycles. The number of aromatic nitrogens is 3. The maximum atomic E-state index is 13.5. The fourth-order valence-electron chi connectivity index (χ4n) is 3.56. The van der Waals surface area contributed by atoms with Crippen LogP contribution < -0.4 is 10.2 Å². The van der Waals surface area contributed by atoms with Crippen molar-refractivity contribution in [2.24, 2.45) is 0 Å². The van der Waals surface area contributed by atoms with E-state index < -0.39 is 0 Å². The zero-order chi connectivity index (χ0) is 22.5. The number of fused-ring (bicyclic) bond motifs is 1. The molecule has 0 aliphatic carbocycles. The summed E-state index contributed by atoms with van der Waals surface area (Å²) in [6.07, 6.45) is 1.74. The molecule has 0 fully saturated rings. The molecule has 0 aliphatic rings. The van der Waals surface area contributed by atoms with Crippen LogP contribution in [0.2, 0.25) is 0 Å².